The Balaban J connectivity index is 1.68. The Bertz CT molecular complexity index is 406. The minimum atomic E-state index is -0.584. The van der Waals surface area contributed by atoms with E-state index in [1.165, 1.54) is 0 Å². The Morgan fingerprint density at radius 2 is 2.41 bits per heavy atom. The normalized spacial score (nSPS) is 18.8. The van der Waals surface area contributed by atoms with Gasteiger partial charge in [-0.05, 0) is 13.8 Å². The van der Waals surface area contributed by atoms with Crippen LogP contribution in [0.4, 0.5) is 5.82 Å². The predicted octanol–water partition coefficient (Wildman–Crippen LogP) is 0.378. The van der Waals surface area contributed by atoms with Gasteiger partial charge >= 0.3 is 0 Å². The second-order valence-corrected chi connectivity index (χ2v) is 4.83. The second-order valence-electron chi connectivity index (χ2n) is 4.83. The van der Waals surface area contributed by atoms with Crippen LogP contribution >= 0.6 is 0 Å². The molecule has 0 aliphatic carbocycles. The van der Waals surface area contributed by atoms with Crippen molar-refractivity contribution < 1.29 is 14.4 Å². The van der Waals surface area contributed by atoms with Gasteiger partial charge in [-0.15, -0.1) is 0 Å². The quantitative estimate of drug-likeness (QED) is 0.794. The smallest absolute Gasteiger partial charge is 0.226 e. The van der Waals surface area contributed by atoms with Crippen molar-refractivity contribution >= 4 is 11.7 Å². The Morgan fingerprint density at radius 1 is 1.71 bits per heavy atom. The molecule has 0 saturated carbocycles. The third-order valence-corrected chi connectivity index (χ3v) is 2.68. The first-order valence-corrected chi connectivity index (χ1v) is 5.62. The molecule has 1 amide bonds. The molecule has 0 atom stereocenters. The van der Waals surface area contributed by atoms with Crippen molar-refractivity contribution in [2.75, 3.05) is 25.0 Å². The molecule has 2 N–H and O–H groups in total. The van der Waals surface area contributed by atoms with E-state index < -0.39 is 5.60 Å². The summed E-state index contributed by atoms with van der Waals surface area (Å²) in [5.74, 6) is 1.02. The molecular formula is C11H17N3O3. The van der Waals surface area contributed by atoms with Crippen LogP contribution in [0.15, 0.2) is 10.6 Å². The summed E-state index contributed by atoms with van der Waals surface area (Å²) < 4.78 is 4.84. The molecule has 1 saturated heterocycles. The number of aliphatic hydroxyl groups is 1. The van der Waals surface area contributed by atoms with Gasteiger partial charge in [0.05, 0.1) is 5.60 Å². The number of nitrogens with zero attached hydrogens (tertiary/aromatic N) is 2. The van der Waals surface area contributed by atoms with E-state index in [0.717, 1.165) is 0 Å². The number of amides is 1. The van der Waals surface area contributed by atoms with Gasteiger partial charge in [0, 0.05) is 32.1 Å². The van der Waals surface area contributed by atoms with Crippen LogP contribution in [-0.4, -0.2) is 46.3 Å². The average Bonchev–Trinajstić information content (AvgIpc) is 2.57. The van der Waals surface area contributed by atoms with Crippen LogP contribution in [0.3, 0.4) is 0 Å². The standard InChI is InChI=1S/C11H17N3O3/c1-8-5-9(13-17-8)12-10(15)3-4-14-6-11(2,16)7-14/h5,16H,3-4,6-7H2,1-2H3,(H,12,13,15). The van der Waals surface area contributed by atoms with Crippen LogP contribution in [-0.2, 0) is 4.79 Å². The van der Waals surface area contributed by atoms with Gasteiger partial charge in [0.1, 0.15) is 5.76 Å². The van der Waals surface area contributed by atoms with Crippen molar-refractivity contribution in [3.63, 3.8) is 0 Å². The van der Waals surface area contributed by atoms with Gasteiger partial charge in [-0.1, -0.05) is 5.16 Å². The molecule has 0 bridgehead atoms. The van der Waals surface area contributed by atoms with Gasteiger partial charge in [0.15, 0.2) is 5.82 Å². The molecule has 1 aliphatic rings. The van der Waals surface area contributed by atoms with Crippen molar-refractivity contribution in [1.82, 2.24) is 10.1 Å². The van der Waals surface area contributed by atoms with E-state index in [1.807, 2.05) is 4.90 Å². The van der Waals surface area contributed by atoms with Gasteiger partial charge in [-0.2, -0.15) is 0 Å². The van der Waals surface area contributed by atoms with Crippen LogP contribution < -0.4 is 5.32 Å². The molecule has 0 spiro atoms. The number of anilines is 1. The highest BCUT2D eigenvalue weighted by atomic mass is 16.5. The Labute approximate surface area is 99.6 Å². The van der Waals surface area contributed by atoms with Crippen molar-refractivity contribution in [2.24, 2.45) is 0 Å². The molecule has 1 aromatic rings. The Morgan fingerprint density at radius 3 is 2.94 bits per heavy atom. The highest BCUT2D eigenvalue weighted by Crippen LogP contribution is 2.19. The maximum atomic E-state index is 11.5. The summed E-state index contributed by atoms with van der Waals surface area (Å²) >= 11 is 0. The van der Waals surface area contributed by atoms with Crippen molar-refractivity contribution in [2.45, 2.75) is 25.9 Å². The molecule has 6 nitrogen and oxygen atoms in total. The lowest BCUT2D eigenvalue weighted by molar-refractivity contribution is -0.119. The highest BCUT2D eigenvalue weighted by Gasteiger charge is 2.35. The molecule has 2 rings (SSSR count). The van der Waals surface area contributed by atoms with Crippen LogP contribution in [0.25, 0.3) is 0 Å². The lowest BCUT2D eigenvalue weighted by atomic mass is 9.97. The molecular weight excluding hydrogens is 222 g/mol. The molecule has 0 radical (unpaired) electrons. The van der Waals surface area contributed by atoms with Gasteiger partial charge in [-0.3, -0.25) is 9.69 Å². The van der Waals surface area contributed by atoms with E-state index in [4.69, 9.17) is 4.52 Å². The van der Waals surface area contributed by atoms with Crippen molar-refractivity contribution in [1.29, 1.82) is 0 Å². The zero-order chi connectivity index (χ0) is 12.5. The van der Waals surface area contributed by atoms with Crippen LogP contribution in [0.2, 0.25) is 0 Å². The number of hydrogen-bond acceptors (Lipinski definition) is 5. The van der Waals surface area contributed by atoms with E-state index in [1.54, 1.807) is 19.9 Å². The number of hydrogen-bond donors (Lipinski definition) is 2. The van der Waals surface area contributed by atoms with Crippen LogP contribution in [0.5, 0.6) is 0 Å². The van der Waals surface area contributed by atoms with E-state index in [0.29, 0.717) is 37.6 Å². The number of rotatable bonds is 4. The minimum Gasteiger partial charge on any atom is -0.388 e. The van der Waals surface area contributed by atoms with Crippen molar-refractivity contribution in [3.05, 3.63) is 11.8 Å². The highest BCUT2D eigenvalue weighted by molar-refractivity contribution is 5.89. The molecule has 1 fully saturated rings. The Hall–Kier alpha value is -1.40. The summed E-state index contributed by atoms with van der Waals surface area (Å²) in [4.78, 5) is 13.6. The summed E-state index contributed by atoms with van der Waals surface area (Å²) in [6.07, 6.45) is 0.391. The van der Waals surface area contributed by atoms with E-state index in [9.17, 15) is 9.90 Å². The first-order valence-electron chi connectivity index (χ1n) is 5.62. The molecule has 0 aromatic carbocycles. The van der Waals surface area contributed by atoms with Gasteiger partial charge in [0.25, 0.3) is 0 Å². The molecule has 6 heteroatoms. The second kappa shape index (κ2) is 4.46. The number of aromatic nitrogens is 1. The maximum Gasteiger partial charge on any atom is 0.226 e. The van der Waals surface area contributed by atoms with E-state index in [2.05, 4.69) is 10.5 Å². The van der Waals surface area contributed by atoms with Crippen LogP contribution in [0, 0.1) is 6.92 Å². The molecule has 2 heterocycles. The number of β-amino-alcohol motifs (C(OH)–C–C–N with tert-alkyl or cyclic N) is 1. The summed E-state index contributed by atoms with van der Waals surface area (Å²) in [7, 11) is 0. The van der Waals surface area contributed by atoms with Crippen LogP contribution in [0.1, 0.15) is 19.1 Å². The minimum absolute atomic E-state index is 0.0927. The molecule has 94 valence electrons. The fourth-order valence-corrected chi connectivity index (χ4v) is 1.97. The third kappa shape index (κ3) is 3.28. The largest absolute Gasteiger partial charge is 0.388 e. The fourth-order valence-electron chi connectivity index (χ4n) is 1.97. The molecule has 1 aromatic heterocycles. The lowest BCUT2D eigenvalue weighted by Crippen LogP contribution is -2.60. The van der Waals surface area contributed by atoms with Crippen molar-refractivity contribution in [3.8, 4) is 0 Å². The third-order valence-electron chi connectivity index (χ3n) is 2.68. The van der Waals surface area contributed by atoms with Gasteiger partial charge in [0.2, 0.25) is 5.91 Å². The fraction of sp³-hybridized carbons (Fsp3) is 0.636. The summed E-state index contributed by atoms with van der Waals surface area (Å²) in [6, 6.07) is 1.67. The molecule has 17 heavy (non-hydrogen) atoms. The van der Waals surface area contributed by atoms with E-state index >= 15 is 0 Å². The molecule has 0 unspecified atom stereocenters. The number of nitrogens with one attached hydrogen (secondary N) is 1. The topological polar surface area (TPSA) is 78.6 Å². The molecule has 1 aliphatic heterocycles. The number of carbonyl (C=O) groups excluding carboxylic acids is 1. The average molecular weight is 239 g/mol. The van der Waals surface area contributed by atoms with Gasteiger partial charge < -0.3 is 14.9 Å². The predicted molar refractivity (Wildman–Crippen MR) is 61.6 cm³/mol. The number of carbonyl (C=O) groups is 1. The number of aryl methyl sites for hydroxylation is 1. The first-order chi connectivity index (χ1) is 7.94. The first kappa shape index (κ1) is 12.1. The SMILES string of the molecule is Cc1cc(NC(=O)CCN2CC(C)(O)C2)no1. The number of likely N-dealkylation sites (tertiary alicyclic amines) is 1. The van der Waals surface area contributed by atoms with Gasteiger partial charge in [-0.25, -0.2) is 0 Å². The summed E-state index contributed by atoms with van der Waals surface area (Å²) in [5.41, 5.74) is -0.584. The van der Waals surface area contributed by atoms with E-state index in [-0.39, 0.29) is 5.91 Å². The zero-order valence-corrected chi connectivity index (χ0v) is 10.1. The zero-order valence-electron chi connectivity index (χ0n) is 10.1. The Kier molecular flexibility index (Phi) is 3.17. The monoisotopic (exact) mass is 239 g/mol. The lowest BCUT2D eigenvalue weighted by Gasteiger charge is -2.44. The summed E-state index contributed by atoms with van der Waals surface area (Å²) in [5, 5.41) is 15.9. The summed E-state index contributed by atoms with van der Waals surface area (Å²) in [6.45, 7) is 5.47. The maximum absolute atomic E-state index is 11.5.